The van der Waals surface area contributed by atoms with Gasteiger partial charge in [-0.05, 0) is 54.4 Å². The molecule has 0 bridgehead atoms. The lowest BCUT2D eigenvalue weighted by Crippen LogP contribution is -1.76. The minimum Gasteiger partial charge on any atom is -0.151 e. The summed E-state index contributed by atoms with van der Waals surface area (Å²) in [6.45, 7) is 2.05. The first kappa shape index (κ1) is 17.4. The fourth-order valence-corrected chi connectivity index (χ4v) is 2.67. The molecule has 0 amide bonds. The molecule has 3 aromatic carbocycles. The van der Waals surface area contributed by atoms with Gasteiger partial charge in [0.1, 0.15) is 0 Å². The van der Waals surface area contributed by atoms with Gasteiger partial charge in [-0.3, -0.25) is 0 Å². The van der Waals surface area contributed by atoms with E-state index < -0.39 is 0 Å². The number of hydrogen-bond acceptors (Lipinski definition) is 2. The van der Waals surface area contributed by atoms with Gasteiger partial charge in [-0.2, -0.15) is 10.2 Å². The number of nitrogens with zero attached hydrogens (tertiary/aromatic N) is 2. The number of rotatable bonds is 4. The lowest BCUT2D eigenvalue weighted by atomic mass is 10.1. The van der Waals surface area contributed by atoms with E-state index in [2.05, 4.69) is 10.2 Å². The highest BCUT2D eigenvalue weighted by molar-refractivity contribution is 6.35. The number of aryl methyl sites for hydroxylation is 1. The Morgan fingerprint density at radius 2 is 1.32 bits per heavy atom. The molecule has 0 unspecified atom stereocenters. The number of halogens is 2. The van der Waals surface area contributed by atoms with Gasteiger partial charge in [0.05, 0.1) is 11.4 Å². The van der Waals surface area contributed by atoms with Crippen molar-refractivity contribution in [3.63, 3.8) is 0 Å². The summed E-state index contributed by atoms with van der Waals surface area (Å²) in [5.74, 6) is 0. The third-order valence-electron chi connectivity index (χ3n) is 3.63. The van der Waals surface area contributed by atoms with Crippen molar-refractivity contribution in [2.24, 2.45) is 10.2 Å². The van der Waals surface area contributed by atoms with Crippen molar-refractivity contribution in [2.75, 3.05) is 0 Å². The zero-order valence-corrected chi connectivity index (χ0v) is 15.2. The zero-order chi connectivity index (χ0) is 17.6. The predicted octanol–water partition coefficient (Wildman–Crippen LogP) is 7.89. The second kappa shape index (κ2) is 8.11. The van der Waals surface area contributed by atoms with E-state index >= 15 is 0 Å². The first-order chi connectivity index (χ1) is 12.1. The highest BCUT2D eigenvalue weighted by Crippen LogP contribution is 2.24. The topological polar surface area (TPSA) is 24.7 Å². The van der Waals surface area contributed by atoms with Crippen LogP contribution in [0.15, 0.2) is 77.0 Å². The second-order valence-corrected chi connectivity index (χ2v) is 6.47. The van der Waals surface area contributed by atoms with Gasteiger partial charge in [-0.1, -0.05) is 71.2 Å². The quantitative estimate of drug-likeness (QED) is 0.331. The normalized spacial score (nSPS) is 11.5. The number of benzene rings is 3. The van der Waals surface area contributed by atoms with E-state index in [1.165, 1.54) is 5.56 Å². The van der Waals surface area contributed by atoms with E-state index in [1.54, 1.807) is 6.07 Å². The third kappa shape index (κ3) is 5.02. The Hall–Kier alpha value is -2.42. The van der Waals surface area contributed by atoms with Crippen LogP contribution in [0.4, 0.5) is 11.4 Å². The molecule has 4 heteroatoms. The van der Waals surface area contributed by atoms with Gasteiger partial charge >= 0.3 is 0 Å². The van der Waals surface area contributed by atoms with Crippen molar-refractivity contribution in [3.05, 3.63) is 93.5 Å². The van der Waals surface area contributed by atoms with Crippen molar-refractivity contribution in [3.8, 4) is 0 Å². The fourth-order valence-electron chi connectivity index (χ4n) is 2.20. The molecule has 3 aromatic rings. The number of hydrogen-bond donors (Lipinski definition) is 0. The molecule has 0 saturated carbocycles. The number of azo groups is 1. The molecule has 0 aromatic heterocycles. The maximum atomic E-state index is 6.17. The monoisotopic (exact) mass is 366 g/mol. The van der Waals surface area contributed by atoms with Gasteiger partial charge in [0.15, 0.2) is 0 Å². The van der Waals surface area contributed by atoms with Crippen LogP contribution in [0.25, 0.3) is 12.2 Å². The molecule has 124 valence electrons. The summed E-state index contributed by atoms with van der Waals surface area (Å²) in [6, 6.07) is 21.2. The standard InChI is InChI=1S/C21H16Cl2N2/c1-15-2-10-19(11-3-15)24-25-20-12-5-16(6-13-20)4-7-17-8-9-18(22)14-21(17)23/h2-14H,1H3/b7-4+,25-24?. The van der Waals surface area contributed by atoms with Crippen molar-refractivity contribution in [1.29, 1.82) is 0 Å². The van der Waals surface area contributed by atoms with Crippen LogP contribution >= 0.6 is 23.2 Å². The molecule has 3 rings (SSSR count). The van der Waals surface area contributed by atoms with Crippen LogP contribution in [0.1, 0.15) is 16.7 Å². The minimum atomic E-state index is 0.630. The first-order valence-corrected chi connectivity index (χ1v) is 8.57. The average molecular weight is 367 g/mol. The van der Waals surface area contributed by atoms with E-state index in [0.29, 0.717) is 10.0 Å². The van der Waals surface area contributed by atoms with Crippen LogP contribution in [0.3, 0.4) is 0 Å². The molecule has 0 aliphatic carbocycles. The lowest BCUT2D eigenvalue weighted by molar-refractivity contribution is 1.23. The molecule has 0 N–H and O–H groups in total. The zero-order valence-electron chi connectivity index (χ0n) is 13.7. The maximum Gasteiger partial charge on any atom is 0.0857 e. The lowest BCUT2D eigenvalue weighted by Gasteiger charge is -1.99. The largest absolute Gasteiger partial charge is 0.151 e. The van der Waals surface area contributed by atoms with Gasteiger partial charge in [-0.25, -0.2) is 0 Å². The van der Waals surface area contributed by atoms with Crippen molar-refractivity contribution in [1.82, 2.24) is 0 Å². The Morgan fingerprint density at radius 1 is 0.720 bits per heavy atom. The van der Waals surface area contributed by atoms with Crippen LogP contribution < -0.4 is 0 Å². The highest BCUT2D eigenvalue weighted by atomic mass is 35.5. The second-order valence-electron chi connectivity index (χ2n) is 5.63. The molecular weight excluding hydrogens is 351 g/mol. The summed E-state index contributed by atoms with van der Waals surface area (Å²) in [6.07, 6.45) is 3.96. The molecule has 0 aliphatic rings. The van der Waals surface area contributed by atoms with Crippen molar-refractivity contribution in [2.45, 2.75) is 6.92 Å². The Labute approximate surface area is 157 Å². The van der Waals surface area contributed by atoms with Crippen LogP contribution in [0.5, 0.6) is 0 Å². The molecular formula is C21H16Cl2N2. The van der Waals surface area contributed by atoms with E-state index in [-0.39, 0.29) is 0 Å². The molecule has 0 aliphatic heterocycles. The Bertz CT molecular complexity index is 912. The van der Waals surface area contributed by atoms with Gasteiger partial charge in [0, 0.05) is 10.0 Å². The van der Waals surface area contributed by atoms with Gasteiger partial charge in [-0.15, -0.1) is 0 Å². The first-order valence-electron chi connectivity index (χ1n) is 7.82. The minimum absolute atomic E-state index is 0.630. The molecule has 0 radical (unpaired) electrons. The molecule has 2 nitrogen and oxygen atoms in total. The summed E-state index contributed by atoms with van der Waals surface area (Å²) in [5.41, 5.74) is 4.83. The highest BCUT2D eigenvalue weighted by Gasteiger charge is 1.98. The fraction of sp³-hybridized carbons (Fsp3) is 0.0476. The van der Waals surface area contributed by atoms with Crippen molar-refractivity contribution >= 4 is 46.7 Å². The molecule has 0 heterocycles. The summed E-state index contributed by atoms with van der Waals surface area (Å²) >= 11 is 12.1. The SMILES string of the molecule is Cc1ccc(N=Nc2ccc(/C=C/c3ccc(Cl)cc3Cl)cc2)cc1. The van der Waals surface area contributed by atoms with Crippen LogP contribution in [-0.2, 0) is 0 Å². The van der Waals surface area contributed by atoms with Crippen LogP contribution in [0.2, 0.25) is 10.0 Å². The van der Waals surface area contributed by atoms with E-state index in [1.807, 2.05) is 79.7 Å². The maximum absolute atomic E-state index is 6.17. The average Bonchev–Trinajstić information content (AvgIpc) is 2.61. The van der Waals surface area contributed by atoms with E-state index in [9.17, 15) is 0 Å². The Kier molecular flexibility index (Phi) is 5.64. The van der Waals surface area contributed by atoms with Crippen molar-refractivity contribution < 1.29 is 0 Å². The summed E-state index contributed by atoms with van der Waals surface area (Å²) in [5, 5.41) is 9.75. The van der Waals surface area contributed by atoms with E-state index in [4.69, 9.17) is 23.2 Å². The smallest absolute Gasteiger partial charge is 0.0857 e. The van der Waals surface area contributed by atoms with Gasteiger partial charge in [0.2, 0.25) is 0 Å². The van der Waals surface area contributed by atoms with Crippen LogP contribution in [-0.4, -0.2) is 0 Å². The summed E-state index contributed by atoms with van der Waals surface area (Å²) in [7, 11) is 0. The molecule has 0 saturated heterocycles. The molecule has 0 spiro atoms. The summed E-state index contributed by atoms with van der Waals surface area (Å²) < 4.78 is 0. The predicted molar refractivity (Wildman–Crippen MR) is 107 cm³/mol. The summed E-state index contributed by atoms with van der Waals surface area (Å²) in [4.78, 5) is 0. The molecule has 0 fully saturated rings. The Balaban J connectivity index is 1.69. The molecule has 25 heavy (non-hydrogen) atoms. The molecule has 0 atom stereocenters. The third-order valence-corrected chi connectivity index (χ3v) is 4.19. The van der Waals surface area contributed by atoms with Crippen LogP contribution in [0, 0.1) is 6.92 Å². The van der Waals surface area contributed by atoms with Gasteiger partial charge in [0.25, 0.3) is 0 Å². The Morgan fingerprint density at radius 3 is 1.92 bits per heavy atom. The van der Waals surface area contributed by atoms with E-state index in [0.717, 1.165) is 22.5 Å². The van der Waals surface area contributed by atoms with Gasteiger partial charge < -0.3 is 0 Å².